The minimum absolute atomic E-state index is 0.0506. The predicted molar refractivity (Wildman–Crippen MR) is 49.1 cm³/mol. The van der Waals surface area contributed by atoms with E-state index in [4.69, 9.17) is 5.11 Å². The fraction of sp³-hybridized carbons (Fsp3) is 0.500. The van der Waals surface area contributed by atoms with E-state index in [0.717, 1.165) is 6.42 Å². The molecule has 0 rings (SSSR count). The fourth-order valence-corrected chi connectivity index (χ4v) is 1.28. The average Bonchev–Trinajstić information content (AvgIpc) is 2.03. The highest BCUT2D eigenvalue weighted by Gasteiger charge is 1.98. The molecule has 0 aromatic carbocycles. The molecule has 0 heterocycles. The molecular formula is C8H12O3S. The van der Waals surface area contributed by atoms with Crippen molar-refractivity contribution in [3.8, 4) is 0 Å². The van der Waals surface area contributed by atoms with E-state index in [1.165, 1.54) is 17.8 Å². The molecular weight excluding hydrogens is 176 g/mol. The van der Waals surface area contributed by atoms with Crippen LogP contribution in [0.5, 0.6) is 0 Å². The third-order valence-corrected chi connectivity index (χ3v) is 2.14. The van der Waals surface area contributed by atoms with Gasteiger partial charge in [-0.1, -0.05) is 18.3 Å². The molecule has 0 aliphatic heterocycles. The number of carboxylic acids is 1. The van der Waals surface area contributed by atoms with Crippen molar-refractivity contribution in [2.45, 2.75) is 19.3 Å². The highest BCUT2D eigenvalue weighted by atomic mass is 32.2. The molecule has 0 fully saturated rings. The zero-order chi connectivity index (χ0) is 9.40. The first-order chi connectivity index (χ1) is 5.66. The van der Waals surface area contributed by atoms with Crippen LogP contribution in [0, 0.1) is 0 Å². The number of unbranched alkanes of at least 4 members (excludes halogenated alkanes) is 1. The van der Waals surface area contributed by atoms with Gasteiger partial charge in [0, 0.05) is 12.2 Å². The summed E-state index contributed by atoms with van der Waals surface area (Å²) in [5.41, 5.74) is 0. The van der Waals surface area contributed by atoms with Crippen molar-refractivity contribution in [3.05, 3.63) is 12.7 Å². The second-order valence-electron chi connectivity index (χ2n) is 2.22. The van der Waals surface area contributed by atoms with Gasteiger partial charge in [0.25, 0.3) is 0 Å². The Morgan fingerprint density at radius 2 is 2.08 bits per heavy atom. The van der Waals surface area contributed by atoms with Crippen molar-refractivity contribution >= 4 is 22.8 Å². The van der Waals surface area contributed by atoms with Crippen LogP contribution in [0.25, 0.3) is 0 Å². The molecule has 0 aromatic heterocycles. The van der Waals surface area contributed by atoms with Gasteiger partial charge in [-0.05, 0) is 18.9 Å². The third-order valence-electron chi connectivity index (χ3n) is 1.20. The van der Waals surface area contributed by atoms with Gasteiger partial charge >= 0.3 is 5.97 Å². The van der Waals surface area contributed by atoms with Crippen LogP contribution in [-0.2, 0) is 9.59 Å². The maximum Gasteiger partial charge on any atom is 0.303 e. The molecule has 1 N–H and O–H groups in total. The largest absolute Gasteiger partial charge is 0.481 e. The molecule has 0 unspecified atom stereocenters. The van der Waals surface area contributed by atoms with Gasteiger partial charge < -0.3 is 5.11 Å². The topological polar surface area (TPSA) is 54.4 Å². The Labute approximate surface area is 75.8 Å². The quantitative estimate of drug-likeness (QED) is 0.509. The maximum atomic E-state index is 10.6. The maximum absolute atomic E-state index is 10.6. The molecule has 0 saturated carbocycles. The molecule has 68 valence electrons. The summed E-state index contributed by atoms with van der Waals surface area (Å²) in [6, 6.07) is 0. The van der Waals surface area contributed by atoms with Gasteiger partial charge in [-0.3, -0.25) is 9.59 Å². The third kappa shape index (κ3) is 7.34. The lowest BCUT2D eigenvalue weighted by Gasteiger charge is -1.95. The first-order valence-electron chi connectivity index (χ1n) is 3.68. The molecule has 0 saturated heterocycles. The summed E-state index contributed by atoms with van der Waals surface area (Å²) in [5, 5.41) is 8.23. The number of carbonyl (C=O) groups is 2. The molecule has 0 bridgehead atoms. The van der Waals surface area contributed by atoms with Crippen molar-refractivity contribution in [2.24, 2.45) is 0 Å². The zero-order valence-electron chi connectivity index (χ0n) is 6.78. The van der Waals surface area contributed by atoms with Gasteiger partial charge in [0.15, 0.2) is 0 Å². The fourth-order valence-electron chi connectivity index (χ4n) is 0.610. The number of hydrogen-bond donors (Lipinski definition) is 1. The lowest BCUT2D eigenvalue weighted by atomic mass is 10.3. The van der Waals surface area contributed by atoms with Gasteiger partial charge in [0.2, 0.25) is 5.12 Å². The Balaban J connectivity index is 3.16. The first-order valence-corrected chi connectivity index (χ1v) is 4.66. The van der Waals surface area contributed by atoms with E-state index in [1.54, 1.807) is 0 Å². The lowest BCUT2D eigenvalue weighted by molar-refractivity contribution is -0.137. The number of thioether (sulfide) groups is 1. The van der Waals surface area contributed by atoms with Crippen LogP contribution >= 0.6 is 11.8 Å². The summed E-state index contributed by atoms with van der Waals surface area (Å²) >= 11 is 1.18. The predicted octanol–water partition coefficient (Wildman–Crippen LogP) is 1.69. The summed E-state index contributed by atoms with van der Waals surface area (Å²) in [4.78, 5) is 20.7. The van der Waals surface area contributed by atoms with Gasteiger partial charge in [-0.2, -0.15) is 0 Å². The number of carbonyl (C=O) groups excluding carboxylic acids is 1. The number of hydrogen-bond acceptors (Lipinski definition) is 3. The summed E-state index contributed by atoms with van der Waals surface area (Å²) in [7, 11) is 0. The smallest absolute Gasteiger partial charge is 0.303 e. The minimum atomic E-state index is -0.782. The molecule has 0 atom stereocenters. The highest BCUT2D eigenvalue weighted by molar-refractivity contribution is 8.14. The van der Waals surface area contributed by atoms with Crippen LogP contribution in [0.2, 0.25) is 0 Å². The molecule has 4 heteroatoms. The summed E-state index contributed by atoms with van der Waals surface area (Å²) in [6.07, 6.45) is 2.84. The number of carboxylic acid groups (broad SMARTS) is 1. The average molecular weight is 188 g/mol. The van der Waals surface area contributed by atoms with Crippen molar-refractivity contribution in [1.82, 2.24) is 0 Å². The molecule has 0 aromatic rings. The Kier molecular flexibility index (Phi) is 6.47. The SMILES string of the molecule is C=CC(=O)SCCCCC(=O)O. The Hall–Kier alpha value is -0.770. The Morgan fingerprint density at radius 1 is 1.42 bits per heavy atom. The Bertz CT molecular complexity index is 177. The van der Waals surface area contributed by atoms with Crippen LogP contribution in [0.15, 0.2) is 12.7 Å². The van der Waals surface area contributed by atoms with E-state index in [1.807, 2.05) is 0 Å². The van der Waals surface area contributed by atoms with Crippen molar-refractivity contribution < 1.29 is 14.7 Å². The van der Waals surface area contributed by atoms with E-state index in [0.29, 0.717) is 12.2 Å². The summed E-state index contributed by atoms with van der Waals surface area (Å²) in [6.45, 7) is 3.32. The minimum Gasteiger partial charge on any atom is -0.481 e. The van der Waals surface area contributed by atoms with Crippen LogP contribution in [0.4, 0.5) is 0 Å². The molecule has 12 heavy (non-hydrogen) atoms. The van der Waals surface area contributed by atoms with E-state index in [9.17, 15) is 9.59 Å². The molecule has 0 radical (unpaired) electrons. The first kappa shape index (κ1) is 11.2. The van der Waals surface area contributed by atoms with E-state index in [-0.39, 0.29) is 11.5 Å². The molecule has 0 spiro atoms. The lowest BCUT2D eigenvalue weighted by Crippen LogP contribution is -1.95. The number of aliphatic carboxylic acids is 1. The standard InChI is InChI=1S/C8H12O3S/c1-2-8(11)12-6-4-3-5-7(9)10/h2H,1,3-6H2,(H,9,10). The monoisotopic (exact) mass is 188 g/mol. The van der Waals surface area contributed by atoms with E-state index < -0.39 is 5.97 Å². The van der Waals surface area contributed by atoms with Gasteiger partial charge in [-0.25, -0.2) is 0 Å². The second-order valence-corrected chi connectivity index (χ2v) is 3.32. The molecule has 0 aliphatic rings. The Morgan fingerprint density at radius 3 is 2.58 bits per heavy atom. The normalized spacial score (nSPS) is 9.33. The van der Waals surface area contributed by atoms with Gasteiger partial charge in [0.1, 0.15) is 0 Å². The van der Waals surface area contributed by atoms with Crippen LogP contribution < -0.4 is 0 Å². The van der Waals surface area contributed by atoms with Crippen LogP contribution in [0.3, 0.4) is 0 Å². The summed E-state index contributed by atoms with van der Waals surface area (Å²) in [5.74, 6) is -0.104. The molecule has 0 amide bonds. The van der Waals surface area contributed by atoms with Gasteiger partial charge in [0.05, 0.1) is 0 Å². The van der Waals surface area contributed by atoms with Gasteiger partial charge in [-0.15, -0.1) is 0 Å². The zero-order valence-corrected chi connectivity index (χ0v) is 7.60. The van der Waals surface area contributed by atoms with Crippen molar-refractivity contribution in [1.29, 1.82) is 0 Å². The van der Waals surface area contributed by atoms with Crippen LogP contribution in [-0.4, -0.2) is 21.9 Å². The van der Waals surface area contributed by atoms with Crippen molar-refractivity contribution in [2.75, 3.05) is 5.75 Å². The summed E-state index contributed by atoms with van der Waals surface area (Å²) < 4.78 is 0. The van der Waals surface area contributed by atoms with E-state index >= 15 is 0 Å². The second kappa shape index (κ2) is 6.91. The van der Waals surface area contributed by atoms with Crippen LogP contribution in [0.1, 0.15) is 19.3 Å². The molecule has 3 nitrogen and oxygen atoms in total. The van der Waals surface area contributed by atoms with E-state index in [2.05, 4.69) is 6.58 Å². The number of rotatable bonds is 6. The molecule has 0 aliphatic carbocycles. The van der Waals surface area contributed by atoms with Crippen molar-refractivity contribution in [3.63, 3.8) is 0 Å². The highest BCUT2D eigenvalue weighted by Crippen LogP contribution is 2.07.